The van der Waals surface area contributed by atoms with E-state index in [1.165, 1.54) is 24.6 Å². The summed E-state index contributed by atoms with van der Waals surface area (Å²) in [5, 5.41) is 3.09. The quantitative estimate of drug-likeness (QED) is 0.673. The number of hydrogen-bond donors (Lipinski definition) is 2. The molecule has 3 rings (SSSR count). The lowest BCUT2D eigenvalue weighted by Crippen LogP contribution is -2.33. The van der Waals surface area contributed by atoms with Crippen LogP contribution in [0.4, 0.5) is 5.69 Å². The summed E-state index contributed by atoms with van der Waals surface area (Å²) in [5.41, 5.74) is 7.45. The average molecular weight is 307 g/mol. The average Bonchev–Trinajstić information content (AvgIpc) is 3.04. The molecule has 0 atom stereocenters. The van der Waals surface area contributed by atoms with Crippen LogP contribution >= 0.6 is 23.1 Å². The number of nitrogens with zero attached hydrogens (tertiary/aromatic N) is 1. The topological polar surface area (TPSA) is 68.0 Å². The number of aromatic nitrogens is 1. The number of fused-ring (bicyclic) bond motifs is 1. The molecule has 1 aromatic heterocycles. The van der Waals surface area contributed by atoms with Gasteiger partial charge in [0.15, 0.2) is 4.34 Å². The molecule has 20 heavy (non-hydrogen) atoms. The van der Waals surface area contributed by atoms with Crippen LogP contribution in [-0.4, -0.2) is 22.7 Å². The molecule has 106 valence electrons. The van der Waals surface area contributed by atoms with Crippen molar-refractivity contribution in [2.75, 3.05) is 11.5 Å². The first-order valence-corrected chi connectivity index (χ1v) is 8.59. The highest BCUT2D eigenvalue weighted by molar-refractivity contribution is 8.01. The van der Waals surface area contributed by atoms with Gasteiger partial charge in [-0.3, -0.25) is 4.79 Å². The van der Waals surface area contributed by atoms with Gasteiger partial charge in [0.05, 0.1) is 16.0 Å². The van der Waals surface area contributed by atoms with E-state index < -0.39 is 0 Å². The second-order valence-corrected chi connectivity index (χ2v) is 7.30. The van der Waals surface area contributed by atoms with Gasteiger partial charge in [0.2, 0.25) is 5.91 Å². The number of nitrogen functional groups attached to an aromatic ring is 1. The Morgan fingerprint density at radius 1 is 1.45 bits per heavy atom. The molecule has 1 fully saturated rings. The molecule has 1 saturated carbocycles. The van der Waals surface area contributed by atoms with Gasteiger partial charge < -0.3 is 11.1 Å². The smallest absolute Gasteiger partial charge is 0.230 e. The minimum absolute atomic E-state index is 0.112. The second-order valence-electron chi connectivity index (χ2n) is 5.04. The van der Waals surface area contributed by atoms with E-state index in [1.807, 2.05) is 18.2 Å². The molecule has 1 aliphatic rings. The Balaban J connectivity index is 1.57. The van der Waals surface area contributed by atoms with Crippen molar-refractivity contribution in [3.05, 3.63) is 18.2 Å². The number of hydrogen-bond acceptors (Lipinski definition) is 5. The minimum Gasteiger partial charge on any atom is -0.399 e. The number of carbonyl (C=O) groups is 1. The number of nitrogens with two attached hydrogens (primary N) is 1. The second kappa shape index (κ2) is 6.01. The summed E-state index contributed by atoms with van der Waals surface area (Å²) < 4.78 is 2.00. The first-order chi connectivity index (χ1) is 9.70. The molecule has 1 amide bonds. The summed E-state index contributed by atoms with van der Waals surface area (Å²) in [6.45, 7) is 0. The zero-order valence-corrected chi connectivity index (χ0v) is 12.7. The van der Waals surface area contributed by atoms with Crippen molar-refractivity contribution in [2.24, 2.45) is 0 Å². The van der Waals surface area contributed by atoms with Crippen molar-refractivity contribution >= 4 is 44.9 Å². The van der Waals surface area contributed by atoms with Gasteiger partial charge >= 0.3 is 0 Å². The Morgan fingerprint density at radius 2 is 2.25 bits per heavy atom. The van der Waals surface area contributed by atoms with E-state index in [1.54, 1.807) is 11.3 Å². The Bertz CT molecular complexity index is 620. The third kappa shape index (κ3) is 3.24. The molecule has 0 radical (unpaired) electrons. The van der Waals surface area contributed by atoms with Crippen LogP contribution < -0.4 is 11.1 Å². The number of thioether (sulfide) groups is 1. The molecule has 6 heteroatoms. The fourth-order valence-corrected chi connectivity index (χ4v) is 4.38. The van der Waals surface area contributed by atoms with Crippen LogP contribution in [-0.2, 0) is 4.79 Å². The Morgan fingerprint density at radius 3 is 3.05 bits per heavy atom. The summed E-state index contributed by atoms with van der Waals surface area (Å²) in [4.78, 5) is 16.4. The molecule has 1 aromatic carbocycles. The standard InChI is InChI=1S/C14H17N3OS2/c15-9-5-6-11-12(7-9)20-14(17-11)19-8-13(18)16-10-3-1-2-4-10/h5-7,10H,1-4,8,15H2,(H,16,18). The van der Waals surface area contributed by atoms with Crippen molar-refractivity contribution in [2.45, 2.75) is 36.1 Å². The monoisotopic (exact) mass is 307 g/mol. The molecule has 0 spiro atoms. The lowest BCUT2D eigenvalue weighted by Gasteiger charge is -2.10. The number of nitrogens with one attached hydrogen (secondary N) is 1. The Hall–Kier alpha value is -1.27. The Kier molecular flexibility index (Phi) is 4.12. The highest BCUT2D eigenvalue weighted by Crippen LogP contribution is 2.30. The predicted octanol–water partition coefficient (Wildman–Crippen LogP) is 3.03. The highest BCUT2D eigenvalue weighted by atomic mass is 32.2. The molecule has 1 heterocycles. The zero-order valence-electron chi connectivity index (χ0n) is 11.1. The molecular weight excluding hydrogens is 290 g/mol. The first kappa shape index (κ1) is 13.7. The third-order valence-electron chi connectivity index (χ3n) is 3.44. The van der Waals surface area contributed by atoms with E-state index in [2.05, 4.69) is 10.3 Å². The van der Waals surface area contributed by atoms with Gasteiger partial charge in [-0.05, 0) is 31.0 Å². The summed E-state index contributed by atoms with van der Waals surface area (Å²) in [6.07, 6.45) is 4.71. The van der Waals surface area contributed by atoms with Crippen molar-refractivity contribution in [3.63, 3.8) is 0 Å². The van der Waals surface area contributed by atoms with Crippen molar-refractivity contribution < 1.29 is 4.79 Å². The lowest BCUT2D eigenvalue weighted by molar-refractivity contribution is -0.119. The van der Waals surface area contributed by atoms with Gasteiger partial charge in [-0.1, -0.05) is 24.6 Å². The molecule has 1 aliphatic carbocycles. The number of anilines is 1. The van der Waals surface area contributed by atoms with Gasteiger partial charge in [-0.25, -0.2) is 4.98 Å². The summed E-state index contributed by atoms with van der Waals surface area (Å²) in [5.74, 6) is 0.548. The van der Waals surface area contributed by atoms with Gasteiger partial charge in [-0.2, -0.15) is 0 Å². The van der Waals surface area contributed by atoms with Gasteiger partial charge in [0, 0.05) is 11.7 Å². The molecule has 0 bridgehead atoms. The van der Waals surface area contributed by atoms with E-state index in [0.29, 0.717) is 11.8 Å². The van der Waals surface area contributed by atoms with Crippen LogP contribution in [0.25, 0.3) is 10.2 Å². The van der Waals surface area contributed by atoms with Gasteiger partial charge in [0.25, 0.3) is 0 Å². The summed E-state index contributed by atoms with van der Waals surface area (Å²) in [6, 6.07) is 6.08. The van der Waals surface area contributed by atoms with Gasteiger partial charge in [-0.15, -0.1) is 11.3 Å². The van der Waals surface area contributed by atoms with E-state index in [4.69, 9.17) is 5.73 Å². The number of benzene rings is 1. The fraction of sp³-hybridized carbons (Fsp3) is 0.429. The van der Waals surface area contributed by atoms with Crippen LogP contribution in [0, 0.1) is 0 Å². The van der Waals surface area contributed by atoms with E-state index in [9.17, 15) is 4.79 Å². The maximum atomic E-state index is 11.9. The van der Waals surface area contributed by atoms with Crippen molar-refractivity contribution in [3.8, 4) is 0 Å². The molecule has 0 saturated heterocycles. The third-order valence-corrected chi connectivity index (χ3v) is 5.60. The van der Waals surface area contributed by atoms with Crippen LogP contribution in [0.1, 0.15) is 25.7 Å². The fourth-order valence-electron chi connectivity index (χ4n) is 2.45. The normalized spacial score (nSPS) is 15.8. The minimum atomic E-state index is 0.112. The van der Waals surface area contributed by atoms with Crippen molar-refractivity contribution in [1.82, 2.24) is 10.3 Å². The van der Waals surface area contributed by atoms with Gasteiger partial charge in [0.1, 0.15) is 0 Å². The molecule has 2 aromatic rings. The van der Waals surface area contributed by atoms with E-state index >= 15 is 0 Å². The lowest BCUT2D eigenvalue weighted by atomic mass is 10.2. The van der Waals surface area contributed by atoms with Crippen molar-refractivity contribution in [1.29, 1.82) is 0 Å². The highest BCUT2D eigenvalue weighted by Gasteiger charge is 2.17. The molecule has 4 nitrogen and oxygen atoms in total. The number of rotatable bonds is 4. The molecule has 3 N–H and O–H groups in total. The maximum absolute atomic E-state index is 11.9. The van der Waals surface area contributed by atoms with Crippen LogP contribution in [0.5, 0.6) is 0 Å². The number of amides is 1. The SMILES string of the molecule is Nc1ccc2nc(SCC(=O)NC3CCCC3)sc2c1. The predicted molar refractivity (Wildman–Crippen MR) is 85.2 cm³/mol. The van der Waals surface area contributed by atoms with Crippen LogP contribution in [0.15, 0.2) is 22.5 Å². The first-order valence-electron chi connectivity index (χ1n) is 6.79. The Labute approximate surface area is 126 Å². The summed E-state index contributed by atoms with van der Waals surface area (Å²) >= 11 is 3.09. The largest absolute Gasteiger partial charge is 0.399 e. The van der Waals surface area contributed by atoms with E-state index in [-0.39, 0.29) is 5.91 Å². The van der Waals surface area contributed by atoms with Crippen LogP contribution in [0.2, 0.25) is 0 Å². The molecule has 0 aliphatic heterocycles. The summed E-state index contributed by atoms with van der Waals surface area (Å²) in [7, 11) is 0. The number of carbonyl (C=O) groups excluding carboxylic acids is 1. The molecule has 0 unspecified atom stereocenters. The van der Waals surface area contributed by atoms with Crippen LogP contribution in [0.3, 0.4) is 0 Å². The molecular formula is C14H17N3OS2. The number of thiazole rings is 1. The van der Waals surface area contributed by atoms with E-state index in [0.717, 1.165) is 33.1 Å². The zero-order chi connectivity index (χ0) is 13.9. The maximum Gasteiger partial charge on any atom is 0.230 e.